The quantitative estimate of drug-likeness (QED) is 0.201. The SMILES string of the molecule is CCC(C)(C)C(C)(C)SCCC(=O)OCC(COC(=O)C(C)(C)C(C)(C)C)OC(=O)c1ccccc1C(=O)O. The Bertz CT molecular complexity index is 1020. The minimum atomic E-state index is -1.28. The molecule has 0 saturated carbocycles. The number of ether oxygens (including phenoxy) is 3. The van der Waals surface area contributed by atoms with E-state index in [4.69, 9.17) is 14.2 Å². The van der Waals surface area contributed by atoms with E-state index < -0.39 is 40.8 Å². The third-order valence-corrected chi connectivity index (χ3v) is 9.83. The fourth-order valence-electron chi connectivity index (χ4n) is 3.10. The molecule has 1 N–H and O–H groups in total. The van der Waals surface area contributed by atoms with Crippen LogP contribution in [0, 0.1) is 16.2 Å². The first kappa shape index (κ1) is 34.5. The van der Waals surface area contributed by atoms with Gasteiger partial charge in [0.2, 0.25) is 0 Å². The summed E-state index contributed by atoms with van der Waals surface area (Å²) < 4.78 is 16.3. The van der Waals surface area contributed by atoms with Crippen molar-refractivity contribution in [1.82, 2.24) is 0 Å². The number of carboxylic acid groups (broad SMARTS) is 1. The van der Waals surface area contributed by atoms with Gasteiger partial charge in [-0.3, -0.25) is 9.59 Å². The molecule has 1 rings (SSSR count). The van der Waals surface area contributed by atoms with Crippen LogP contribution in [0.3, 0.4) is 0 Å². The molecule has 1 unspecified atom stereocenters. The van der Waals surface area contributed by atoms with Crippen LogP contribution in [0.1, 0.15) is 103 Å². The Balaban J connectivity index is 2.93. The molecule has 1 aromatic carbocycles. The van der Waals surface area contributed by atoms with E-state index >= 15 is 0 Å². The minimum absolute atomic E-state index is 0.0499. The zero-order chi connectivity index (χ0) is 30.2. The van der Waals surface area contributed by atoms with Crippen molar-refractivity contribution in [2.24, 2.45) is 16.2 Å². The van der Waals surface area contributed by atoms with Crippen LogP contribution in [0.2, 0.25) is 0 Å². The summed E-state index contributed by atoms with van der Waals surface area (Å²) in [7, 11) is 0. The highest BCUT2D eigenvalue weighted by molar-refractivity contribution is 8.00. The largest absolute Gasteiger partial charge is 0.478 e. The van der Waals surface area contributed by atoms with E-state index in [1.165, 1.54) is 24.3 Å². The third kappa shape index (κ3) is 9.55. The topological polar surface area (TPSA) is 116 Å². The Morgan fingerprint density at radius 1 is 0.872 bits per heavy atom. The van der Waals surface area contributed by atoms with Crippen LogP contribution >= 0.6 is 11.8 Å². The fraction of sp³-hybridized carbons (Fsp3) is 0.667. The van der Waals surface area contributed by atoms with Crippen LogP contribution in [0.4, 0.5) is 0 Å². The molecule has 0 amide bonds. The van der Waals surface area contributed by atoms with Gasteiger partial charge in [0, 0.05) is 10.5 Å². The van der Waals surface area contributed by atoms with Gasteiger partial charge < -0.3 is 19.3 Å². The first-order chi connectivity index (χ1) is 17.8. The lowest BCUT2D eigenvalue weighted by Gasteiger charge is -2.40. The summed E-state index contributed by atoms with van der Waals surface area (Å²) in [5.41, 5.74) is -1.54. The van der Waals surface area contributed by atoms with E-state index in [0.717, 1.165) is 6.42 Å². The monoisotopic (exact) mass is 566 g/mol. The van der Waals surface area contributed by atoms with Crippen molar-refractivity contribution >= 4 is 35.6 Å². The van der Waals surface area contributed by atoms with E-state index in [-0.39, 0.29) is 40.9 Å². The standard InChI is InChI=1S/C30H46O8S/c1-11-28(5,6)30(9,10)39-17-16-23(31)36-18-20(19-37-26(35)29(7,8)27(2,3)4)38-25(34)22-15-13-12-14-21(22)24(32)33/h12-15,20H,11,16-19H2,1-10H3,(H,32,33). The molecule has 1 atom stereocenters. The van der Waals surface area contributed by atoms with Gasteiger partial charge in [-0.2, -0.15) is 11.8 Å². The van der Waals surface area contributed by atoms with Crippen LogP contribution < -0.4 is 0 Å². The number of thioether (sulfide) groups is 1. The van der Waals surface area contributed by atoms with Crippen molar-refractivity contribution in [3.05, 3.63) is 35.4 Å². The van der Waals surface area contributed by atoms with Crippen molar-refractivity contribution in [1.29, 1.82) is 0 Å². The van der Waals surface area contributed by atoms with Crippen LogP contribution in [-0.2, 0) is 23.8 Å². The van der Waals surface area contributed by atoms with Gasteiger partial charge in [0.15, 0.2) is 6.10 Å². The van der Waals surface area contributed by atoms with Crippen molar-refractivity contribution < 1.29 is 38.5 Å². The van der Waals surface area contributed by atoms with Gasteiger partial charge in [-0.15, -0.1) is 0 Å². The molecule has 0 fully saturated rings. The third-order valence-electron chi connectivity index (χ3n) is 8.15. The maximum absolute atomic E-state index is 12.9. The van der Waals surface area contributed by atoms with E-state index in [1.807, 2.05) is 20.8 Å². The van der Waals surface area contributed by atoms with Crippen LogP contribution in [0.15, 0.2) is 24.3 Å². The molecule has 39 heavy (non-hydrogen) atoms. The van der Waals surface area contributed by atoms with Crippen molar-refractivity contribution in [3.63, 3.8) is 0 Å². The summed E-state index contributed by atoms with van der Waals surface area (Å²) >= 11 is 1.69. The molecule has 0 saturated heterocycles. The second-order valence-electron chi connectivity index (χ2n) is 12.4. The molecule has 9 heteroatoms. The average molecular weight is 567 g/mol. The molecule has 0 aliphatic carbocycles. The molecule has 0 radical (unpaired) electrons. The molecule has 220 valence electrons. The number of aromatic carboxylic acids is 1. The number of carbonyl (C=O) groups is 4. The zero-order valence-electron chi connectivity index (χ0n) is 25.1. The number of hydrogen-bond donors (Lipinski definition) is 1. The predicted molar refractivity (Wildman–Crippen MR) is 153 cm³/mol. The summed E-state index contributed by atoms with van der Waals surface area (Å²) in [6.07, 6.45) is 0.0409. The first-order valence-corrected chi connectivity index (χ1v) is 14.3. The maximum atomic E-state index is 12.9. The van der Waals surface area contributed by atoms with Crippen LogP contribution in [0.25, 0.3) is 0 Å². The number of hydrogen-bond acceptors (Lipinski definition) is 8. The summed E-state index contributed by atoms with van der Waals surface area (Å²) in [6.45, 7) is 19.4. The Hall–Kier alpha value is -2.55. The molecule has 0 bridgehead atoms. The molecule has 0 spiro atoms. The molecule has 0 aliphatic heterocycles. The normalized spacial score (nSPS) is 13.4. The molecule has 8 nitrogen and oxygen atoms in total. The highest BCUT2D eigenvalue weighted by Crippen LogP contribution is 2.44. The van der Waals surface area contributed by atoms with E-state index in [9.17, 15) is 24.3 Å². The highest BCUT2D eigenvalue weighted by atomic mass is 32.2. The molecular weight excluding hydrogens is 520 g/mol. The van der Waals surface area contributed by atoms with Crippen LogP contribution in [-0.4, -0.2) is 58.8 Å². The first-order valence-electron chi connectivity index (χ1n) is 13.3. The Morgan fingerprint density at radius 2 is 1.41 bits per heavy atom. The van der Waals surface area contributed by atoms with Gasteiger partial charge >= 0.3 is 23.9 Å². The summed E-state index contributed by atoms with van der Waals surface area (Å²) in [5, 5.41) is 9.42. The van der Waals surface area contributed by atoms with Gasteiger partial charge in [-0.1, -0.05) is 67.5 Å². The van der Waals surface area contributed by atoms with Gasteiger partial charge in [-0.05, 0) is 43.2 Å². The number of esters is 3. The Kier molecular flexibility index (Phi) is 12.1. The Morgan fingerprint density at radius 3 is 1.92 bits per heavy atom. The van der Waals surface area contributed by atoms with Gasteiger partial charge in [0.25, 0.3) is 0 Å². The van der Waals surface area contributed by atoms with E-state index in [1.54, 1.807) is 25.6 Å². The van der Waals surface area contributed by atoms with Gasteiger partial charge in [0.1, 0.15) is 13.2 Å². The van der Waals surface area contributed by atoms with Crippen molar-refractivity contribution in [2.45, 2.75) is 92.9 Å². The zero-order valence-corrected chi connectivity index (χ0v) is 26.0. The Labute approximate surface area is 237 Å². The lowest BCUT2D eigenvalue weighted by Crippen LogP contribution is -2.41. The number of benzene rings is 1. The van der Waals surface area contributed by atoms with Crippen molar-refractivity contribution in [2.75, 3.05) is 19.0 Å². The smallest absolute Gasteiger partial charge is 0.339 e. The van der Waals surface area contributed by atoms with Crippen molar-refractivity contribution in [3.8, 4) is 0 Å². The average Bonchev–Trinajstić information content (AvgIpc) is 2.84. The second-order valence-corrected chi connectivity index (χ2v) is 14.1. The minimum Gasteiger partial charge on any atom is -0.478 e. The highest BCUT2D eigenvalue weighted by Gasteiger charge is 2.41. The number of carboxylic acids is 1. The fourth-order valence-corrected chi connectivity index (χ4v) is 4.42. The number of carbonyl (C=O) groups excluding carboxylic acids is 3. The lowest BCUT2D eigenvalue weighted by atomic mass is 9.69. The molecular formula is C30H46O8S. The maximum Gasteiger partial charge on any atom is 0.339 e. The molecule has 1 aromatic rings. The van der Waals surface area contributed by atoms with Crippen LogP contribution in [0.5, 0.6) is 0 Å². The number of rotatable bonds is 14. The summed E-state index contributed by atoms with van der Waals surface area (Å²) in [6, 6.07) is 5.64. The lowest BCUT2D eigenvalue weighted by molar-refractivity contribution is -0.165. The predicted octanol–water partition coefficient (Wildman–Crippen LogP) is 6.41. The van der Waals surface area contributed by atoms with E-state index in [2.05, 4.69) is 34.6 Å². The van der Waals surface area contributed by atoms with Gasteiger partial charge in [0.05, 0.1) is 23.0 Å². The molecule has 0 heterocycles. The summed E-state index contributed by atoms with van der Waals surface area (Å²) in [5.74, 6) is -2.61. The summed E-state index contributed by atoms with van der Waals surface area (Å²) in [4.78, 5) is 49.8. The molecule has 0 aromatic heterocycles. The second kappa shape index (κ2) is 13.7. The van der Waals surface area contributed by atoms with Gasteiger partial charge in [-0.25, -0.2) is 9.59 Å². The molecule has 0 aliphatic rings. The van der Waals surface area contributed by atoms with E-state index in [0.29, 0.717) is 5.75 Å².